The van der Waals surface area contributed by atoms with Gasteiger partial charge >= 0.3 is 5.97 Å². The van der Waals surface area contributed by atoms with Gasteiger partial charge in [-0.05, 0) is 17.7 Å². The zero-order valence-electron chi connectivity index (χ0n) is 10.3. The van der Waals surface area contributed by atoms with E-state index in [9.17, 15) is 9.18 Å². The van der Waals surface area contributed by atoms with E-state index in [1.54, 1.807) is 24.3 Å². The summed E-state index contributed by atoms with van der Waals surface area (Å²) in [5.74, 6) is -1.23. The van der Waals surface area contributed by atoms with Crippen molar-refractivity contribution < 1.29 is 19.0 Å². The summed E-state index contributed by atoms with van der Waals surface area (Å²) < 4.78 is 19.0. The van der Waals surface area contributed by atoms with Crippen LogP contribution in [-0.2, 0) is 11.2 Å². The molecular weight excluding hydrogens is 249 g/mol. The number of rotatable bonds is 4. The van der Waals surface area contributed by atoms with E-state index in [-0.39, 0.29) is 17.9 Å². The van der Waals surface area contributed by atoms with Gasteiger partial charge in [-0.25, -0.2) is 9.37 Å². The molecule has 0 saturated carbocycles. The maximum absolute atomic E-state index is 13.9. The molecule has 0 spiro atoms. The predicted octanol–water partition coefficient (Wildman–Crippen LogP) is 2.52. The molecule has 0 amide bonds. The Balaban J connectivity index is 2.65. The maximum Gasteiger partial charge on any atom is 0.307 e. The monoisotopic (exact) mass is 261 g/mol. The molecule has 0 aliphatic heterocycles. The van der Waals surface area contributed by atoms with Gasteiger partial charge in [0, 0.05) is 11.8 Å². The van der Waals surface area contributed by atoms with Crippen LogP contribution < -0.4 is 4.74 Å². The van der Waals surface area contributed by atoms with Gasteiger partial charge in [0.1, 0.15) is 5.82 Å². The minimum atomic E-state index is -0.995. The summed E-state index contributed by atoms with van der Waals surface area (Å²) in [5, 5.41) is 8.92. The lowest BCUT2D eigenvalue weighted by molar-refractivity contribution is -0.136. The number of nitrogens with zero attached hydrogens (tertiary/aromatic N) is 1. The first kappa shape index (κ1) is 13.0. The summed E-state index contributed by atoms with van der Waals surface area (Å²) in [5.41, 5.74) is 1.12. The average molecular weight is 261 g/mol. The van der Waals surface area contributed by atoms with Gasteiger partial charge < -0.3 is 9.84 Å². The maximum atomic E-state index is 13.9. The number of carboxylic acid groups (broad SMARTS) is 1. The number of aliphatic carboxylic acids is 1. The Kier molecular flexibility index (Phi) is 3.75. The molecule has 0 saturated heterocycles. The van der Waals surface area contributed by atoms with Crippen LogP contribution in [0.5, 0.6) is 5.88 Å². The predicted molar refractivity (Wildman–Crippen MR) is 67.5 cm³/mol. The molecule has 1 aromatic carbocycles. The first-order valence-corrected chi connectivity index (χ1v) is 5.62. The second-order valence-corrected chi connectivity index (χ2v) is 3.90. The summed E-state index contributed by atoms with van der Waals surface area (Å²) in [7, 11) is 1.41. The first-order valence-electron chi connectivity index (χ1n) is 5.62. The highest BCUT2D eigenvalue weighted by molar-refractivity contribution is 5.79. The molecule has 0 aliphatic rings. The topological polar surface area (TPSA) is 59.4 Å². The fraction of sp³-hybridized carbons (Fsp3) is 0.143. The average Bonchev–Trinajstić information content (AvgIpc) is 2.39. The van der Waals surface area contributed by atoms with E-state index >= 15 is 0 Å². The van der Waals surface area contributed by atoms with Crippen LogP contribution in [0.2, 0.25) is 0 Å². The molecule has 5 heteroatoms. The Bertz CT molecular complexity index is 613. The number of benzene rings is 1. The van der Waals surface area contributed by atoms with Crippen LogP contribution in [0.4, 0.5) is 4.39 Å². The highest BCUT2D eigenvalue weighted by Crippen LogP contribution is 2.33. The van der Waals surface area contributed by atoms with Crippen molar-refractivity contribution in [3.63, 3.8) is 0 Å². The summed E-state index contributed by atoms with van der Waals surface area (Å²) >= 11 is 0. The number of carbonyl (C=O) groups is 1. The summed E-state index contributed by atoms with van der Waals surface area (Å²) in [6, 6.07) is 7.68. The number of halogens is 1. The molecular formula is C14H12FNO3. The second kappa shape index (κ2) is 5.48. The van der Waals surface area contributed by atoms with Crippen LogP contribution in [0, 0.1) is 5.82 Å². The Morgan fingerprint density at radius 2 is 2.11 bits per heavy atom. The van der Waals surface area contributed by atoms with Crippen molar-refractivity contribution in [1.82, 2.24) is 4.98 Å². The van der Waals surface area contributed by atoms with E-state index in [1.165, 1.54) is 19.4 Å². The summed E-state index contributed by atoms with van der Waals surface area (Å²) in [6.45, 7) is 0. The molecule has 1 N–H and O–H groups in total. The number of aromatic nitrogens is 1. The van der Waals surface area contributed by atoms with E-state index < -0.39 is 11.8 Å². The minimum Gasteiger partial charge on any atom is -0.481 e. The zero-order chi connectivity index (χ0) is 13.8. The molecule has 19 heavy (non-hydrogen) atoms. The normalized spacial score (nSPS) is 10.2. The van der Waals surface area contributed by atoms with E-state index in [0.717, 1.165) is 0 Å². The van der Waals surface area contributed by atoms with Crippen molar-refractivity contribution in [2.24, 2.45) is 0 Å². The van der Waals surface area contributed by atoms with Gasteiger partial charge in [-0.3, -0.25) is 4.79 Å². The summed E-state index contributed by atoms with van der Waals surface area (Å²) in [4.78, 5) is 14.9. The molecule has 0 bridgehead atoms. The molecule has 0 fully saturated rings. The molecule has 0 radical (unpaired) electrons. The second-order valence-electron chi connectivity index (χ2n) is 3.90. The Hall–Kier alpha value is -2.43. The standard InChI is InChI=1S/C14H12FNO3/c1-19-14-13(10-4-2-3-5-11(10)15)9(6-7-16-14)8-12(17)18/h2-7H,8H2,1H3,(H,17,18). The number of carboxylic acids is 1. The van der Waals surface area contributed by atoms with E-state index in [0.29, 0.717) is 11.1 Å². The molecule has 4 nitrogen and oxygen atoms in total. The van der Waals surface area contributed by atoms with E-state index in [2.05, 4.69) is 4.98 Å². The SMILES string of the molecule is COc1nccc(CC(=O)O)c1-c1ccccc1F. The molecule has 0 unspecified atom stereocenters. The van der Waals surface area contributed by atoms with Gasteiger partial charge in [0.15, 0.2) is 0 Å². The lowest BCUT2D eigenvalue weighted by atomic mass is 9.99. The fourth-order valence-corrected chi connectivity index (χ4v) is 1.90. The summed E-state index contributed by atoms with van der Waals surface area (Å²) in [6.07, 6.45) is 1.23. The molecule has 0 aliphatic carbocycles. The van der Waals surface area contributed by atoms with Crippen LogP contribution in [-0.4, -0.2) is 23.2 Å². The fourth-order valence-electron chi connectivity index (χ4n) is 1.90. The highest BCUT2D eigenvalue weighted by Gasteiger charge is 2.17. The van der Waals surface area contributed by atoms with E-state index in [1.807, 2.05) is 0 Å². The van der Waals surface area contributed by atoms with Gasteiger partial charge in [0.2, 0.25) is 5.88 Å². The Morgan fingerprint density at radius 3 is 2.74 bits per heavy atom. The van der Waals surface area contributed by atoms with Crippen molar-refractivity contribution in [1.29, 1.82) is 0 Å². The molecule has 98 valence electrons. The van der Waals surface area contributed by atoms with Gasteiger partial charge in [0.25, 0.3) is 0 Å². The van der Waals surface area contributed by atoms with Crippen molar-refractivity contribution in [3.8, 4) is 17.0 Å². The van der Waals surface area contributed by atoms with Gasteiger partial charge in [-0.2, -0.15) is 0 Å². The van der Waals surface area contributed by atoms with Crippen molar-refractivity contribution >= 4 is 5.97 Å². The quantitative estimate of drug-likeness (QED) is 0.918. The van der Waals surface area contributed by atoms with E-state index in [4.69, 9.17) is 9.84 Å². The number of hydrogen-bond acceptors (Lipinski definition) is 3. The van der Waals surface area contributed by atoms with Gasteiger partial charge in [-0.15, -0.1) is 0 Å². The number of methoxy groups -OCH3 is 1. The van der Waals surface area contributed by atoms with Crippen LogP contribution in [0.1, 0.15) is 5.56 Å². The third-order valence-corrected chi connectivity index (χ3v) is 2.68. The number of ether oxygens (including phenoxy) is 1. The van der Waals surface area contributed by atoms with Crippen molar-refractivity contribution in [2.45, 2.75) is 6.42 Å². The highest BCUT2D eigenvalue weighted by atomic mass is 19.1. The zero-order valence-corrected chi connectivity index (χ0v) is 10.3. The minimum absolute atomic E-state index is 0.212. The third-order valence-electron chi connectivity index (χ3n) is 2.68. The largest absolute Gasteiger partial charge is 0.481 e. The third kappa shape index (κ3) is 2.70. The van der Waals surface area contributed by atoms with Crippen LogP contribution in [0.3, 0.4) is 0 Å². The van der Waals surface area contributed by atoms with Crippen LogP contribution in [0.15, 0.2) is 36.5 Å². The van der Waals surface area contributed by atoms with Gasteiger partial charge in [0.05, 0.1) is 19.1 Å². The van der Waals surface area contributed by atoms with Crippen LogP contribution >= 0.6 is 0 Å². The number of hydrogen-bond donors (Lipinski definition) is 1. The van der Waals surface area contributed by atoms with Crippen LogP contribution in [0.25, 0.3) is 11.1 Å². The molecule has 1 aromatic heterocycles. The lowest BCUT2D eigenvalue weighted by Crippen LogP contribution is -2.04. The van der Waals surface area contributed by atoms with Gasteiger partial charge in [-0.1, -0.05) is 18.2 Å². The molecule has 2 rings (SSSR count). The lowest BCUT2D eigenvalue weighted by Gasteiger charge is -2.12. The van der Waals surface area contributed by atoms with Crippen molar-refractivity contribution in [2.75, 3.05) is 7.11 Å². The molecule has 1 heterocycles. The molecule has 0 atom stereocenters. The molecule has 2 aromatic rings. The smallest absolute Gasteiger partial charge is 0.307 e. The Labute approximate surface area is 109 Å². The first-order chi connectivity index (χ1) is 9.13. The van der Waals surface area contributed by atoms with Crippen molar-refractivity contribution in [3.05, 3.63) is 47.9 Å². The Morgan fingerprint density at radius 1 is 1.37 bits per heavy atom. The number of pyridine rings is 1.